The van der Waals surface area contributed by atoms with Gasteiger partial charge in [0.25, 0.3) is 10.0 Å². The van der Waals surface area contributed by atoms with Crippen LogP contribution in [0.3, 0.4) is 0 Å². The Labute approximate surface area is 174 Å². The van der Waals surface area contributed by atoms with Crippen molar-refractivity contribution in [1.29, 1.82) is 0 Å². The second-order valence-electron chi connectivity index (χ2n) is 7.23. The van der Waals surface area contributed by atoms with Crippen molar-refractivity contribution in [1.82, 2.24) is 8.87 Å². The zero-order valence-corrected chi connectivity index (χ0v) is 17.5. The van der Waals surface area contributed by atoms with Crippen LogP contribution in [0.25, 0.3) is 5.69 Å². The topological polar surface area (TPSA) is 42.3 Å². The molecule has 0 N–H and O–H groups in total. The van der Waals surface area contributed by atoms with Crippen LogP contribution < -0.4 is 0 Å². The summed E-state index contributed by atoms with van der Waals surface area (Å²) in [6, 6.07) is 23.2. The quantitative estimate of drug-likeness (QED) is 0.460. The van der Waals surface area contributed by atoms with Gasteiger partial charge in [-0.3, -0.25) is 0 Å². The summed E-state index contributed by atoms with van der Waals surface area (Å²) in [5.74, 6) is 0. The molecule has 0 saturated carbocycles. The zero-order valence-electron chi connectivity index (χ0n) is 15.9. The molecule has 0 radical (unpaired) electrons. The summed E-state index contributed by atoms with van der Waals surface area (Å²) in [5, 5.41) is 1.81. The van der Waals surface area contributed by atoms with Gasteiger partial charge in [0.2, 0.25) is 0 Å². The van der Waals surface area contributed by atoms with Crippen LogP contribution in [0.1, 0.15) is 28.4 Å². The Bertz CT molecular complexity index is 1260. The van der Waals surface area contributed by atoms with Crippen LogP contribution in [0.2, 0.25) is 0 Å². The third-order valence-corrected chi connectivity index (χ3v) is 8.56. The summed E-state index contributed by atoms with van der Waals surface area (Å²) < 4.78 is 31.6. The van der Waals surface area contributed by atoms with E-state index in [2.05, 4.69) is 4.57 Å². The number of sulfonamides is 1. The summed E-state index contributed by atoms with van der Waals surface area (Å²) in [7, 11) is -3.67. The molecule has 1 aliphatic heterocycles. The molecular weight excluding hydrogens is 400 g/mol. The monoisotopic (exact) mass is 420 g/mol. The van der Waals surface area contributed by atoms with Gasteiger partial charge in [-0.1, -0.05) is 54.1 Å². The van der Waals surface area contributed by atoms with Crippen molar-refractivity contribution in [3.8, 4) is 5.69 Å². The van der Waals surface area contributed by atoms with Crippen molar-refractivity contribution in [3.63, 3.8) is 0 Å². The van der Waals surface area contributed by atoms with Crippen molar-refractivity contribution < 1.29 is 8.42 Å². The van der Waals surface area contributed by atoms with Crippen LogP contribution in [0.15, 0.2) is 88.6 Å². The summed E-state index contributed by atoms with van der Waals surface area (Å²) in [5.41, 5.74) is 5.06. The Kier molecular flexibility index (Phi) is 4.42. The summed E-state index contributed by atoms with van der Waals surface area (Å²) in [6.45, 7) is 2.35. The first-order valence-corrected chi connectivity index (χ1v) is 11.7. The molecule has 4 aromatic rings. The van der Waals surface area contributed by atoms with E-state index >= 15 is 0 Å². The van der Waals surface area contributed by atoms with Crippen molar-refractivity contribution in [2.24, 2.45) is 0 Å². The van der Waals surface area contributed by atoms with E-state index in [1.807, 2.05) is 79.2 Å². The Hall–Kier alpha value is -2.67. The van der Waals surface area contributed by atoms with E-state index < -0.39 is 16.1 Å². The SMILES string of the molecule is Cc1ccc([C@H]2c3cccn3-c3ccccc3CN2S(=O)(=O)c2cccs2)cc1. The van der Waals surface area contributed by atoms with Gasteiger partial charge >= 0.3 is 0 Å². The van der Waals surface area contributed by atoms with Crippen LogP contribution in [0.5, 0.6) is 0 Å². The average molecular weight is 421 g/mol. The van der Waals surface area contributed by atoms with Crippen molar-refractivity contribution in [3.05, 3.63) is 107 Å². The van der Waals surface area contributed by atoms with E-state index in [0.29, 0.717) is 10.8 Å². The highest BCUT2D eigenvalue weighted by Gasteiger charge is 2.38. The number of para-hydroxylation sites is 1. The lowest BCUT2D eigenvalue weighted by Gasteiger charge is -2.29. The number of nitrogens with zero attached hydrogens (tertiary/aromatic N) is 2. The van der Waals surface area contributed by atoms with Crippen LogP contribution >= 0.6 is 11.3 Å². The van der Waals surface area contributed by atoms with Gasteiger partial charge in [-0.15, -0.1) is 11.3 Å². The molecule has 0 spiro atoms. The Balaban J connectivity index is 1.78. The van der Waals surface area contributed by atoms with Crippen LogP contribution in [-0.2, 0) is 16.6 Å². The number of hydrogen-bond donors (Lipinski definition) is 0. The molecule has 29 heavy (non-hydrogen) atoms. The lowest BCUT2D eigenvalue weighted by molar-refractivity contribution is 0.354. The van der Waals surface area contributed by atoms with Gasteiger partial charge < -0.3 is 4.57 Å². The molecule has 1 aliphatic rings. The Morgan fingerprint density at radius 1 is 0.931 bits per heavy atom. The average Bonchev–Trinajstić information content (AvgIpc) is 3.40. The first-order chi connectivity index (χ1) is 14.1. The van der Waals surface area contributed by atoms with E-state index in [1.165, 1.54) is 11.3 Å². The lowest BCUT2D eigenvalue weighted by atomic mass is 10.0. The second-order valence-corrected chi connectivity index (χ2v) is 10.3. The number of fused-ring (bicyclic) bond motifs is 3. The fourth-order valence-electron chi connectivity index (χ4n) is 3.96. The molecule has 2 aromatic carbocycles. The maximum Gasteiger partial charge on any atom is 0.253 e. The van der Waals surface area contributed by atoms with E-state index in [-0.39, 0.29) is 0 Å². The molecular formula is C23H20N2O2S2. The predicted molar refractivity (Wildman–Crippen MR) is 116 cm³/mol. The Morgan fingerprint density at radius 2 is 1.72 bits per heavy atom. The van der Waals surface area contributed by atoms with Crippen LogP contribution in [0.4, 0.5) is 0 Å². The molecule has 5 rings (SSSR count). The van der Waals surface area contributed by atoms with Crippen LogP contribution in [0, 0.1) is 6.92 Å². The van der Waals surface area contributed by atoms with E-state index in [1.54, 1.807) is 16.4 Å². The van der Waals surface area contributed by atoms with Gasteiger partial charge in [-0.05, 0) is 47.7 Å². The number of thiophene rings is 1. The van der Waals surface area contributed by atoms with Gasteiger partial charge in [0.05, 0.1) is 6.04 Å². The summed E-state index contributed by atoms with van der Waals surface area (Å²) in [4.78, 5) is 0. The highest BCUT2D eigenvalue weighted by molar-refractivity contribution is 7.91. The minimum atomic E-state index is -3.67. The number of aryl methyl sites for hydroxylation is 1. The first kappa shape index (κ1) is 18.4. The molecule has 2 aromatic heterocycles. The molecule has 146 valence electrons. The summed E-state index contributed by atoms with van der Waals surface area (Å²) in [6.07, 6.45) is 2.01. The number of benzene rings is 2. The molecule has 3 heterocycles. The maximum atomic E-state index is 13.7. The molecule has 0 fully saturated rings. The van der Waals surface area contributed by atoms with Crippen molar-refractivity contribution in [2.45, 2.75) is 23.7 Å². The van der Waals surface area contributed by atoms with Gasteiger partial charge in [-0.25, -0.2) is 8.42 Å². The number of hydrogen-bond acceptors (Lipinski definition) is 3. The second kappa shape index (κ2) is 6.99. The van der Waals surface area contributed by atoms with Gasteiger partial charge in [0, 0.05) is 24.1 Å². The molecule has 0 amide bonds. The predicted octanol–water partition coefficient (Wildman–Crippen LogP) is 5.14. The fraction of sp³-hybridized carbons (Fsp3) is 0.130. The van der Waals surface area contributed by atoms with Gasteiger partial charge in [-0.2, -0.15) is 4.31 Å². The molecule has 0 unspecified atom stereocenters. The summed E-state index contributed by atoms with van der Waals surface area (Å²) >= 11 is 1.26. The van der Waals surface area contributed by atoms with Gasteiger partial charge in [0.15, 0.2) is 0 Å². The third-order valence-electron chi connectivity index (χ3n) is 5.38. The van der Waals surface area contributed by atoms with E-state index in [9.17, 15) is 8.42 Å². The molecule has 0 bridgehead atoms. The fourth-order valence-corrected chi connectivity index (χ4v) is 6.64. The largest absolute Gasteiger partial charge is 0.319 e. The van der Waals surface area contributed by atoms with E-state index in [4.69, 9.17) is 0 Å². The van der Waals surface area contributed by atoms with Crippen molar-refractivity contribution >= 4 is 21.4 Å². The van der Waals surface area contributed by atoms with Crippen LogP contribution in [-0.4, -0.2) is 17.3 Å². The minimum Gasteiger partial charge on any atom is -0.319 e. The standard InChI is InChI=1S/C23H20N2O2S2/c1-17-10-12-18(13-11-17)23-21-8-4-14-24(21)20-7-3-2-6-19(20)16-25(23)29(26,27)22-9-5-15-28-22/h2-15,23H,16H2,1H3/t23-/m0/s1. The maximum absolute atomic E-state index is 13.7. The molecule has 4 nitrogen and oxygen atoms in total. The molecule has 0 saturated heterocycles. The Morgan fingerprint density at radius 3 is 2.48 bits per heavy atom. The highest BCUT2D eigenvalue weighted by atomic mass is 32.2. The number of rotatable bonds is 3. The highest BCUT2D eigenvalue weighted by Crippen LogP contribution is 2.40. The van der Waals surface area contributed by atoms with Crippen molar-refractivity contribution in [2.75, 3.05) is 0 Å². The zero-order chi connectivity index (χ0) is 20.0. The lowest BCUT2D eigenvalue weighted by Crippen LogP contribution is -2.34. The third kappa shape index (κ3) is 3.04. The normalized spacial score (nSPS) is 16.8. The number of aromatic nitrogens is 1. The van der Waals surface area contributed by atoms with Gasteiger partial charge in [0.1, 0.15) is 4.21 Å². The first-order valence-electron chi connectivity index (χ1n) is 9.43. The molecule has 1 atom stereocenters. The smallest absolute Gasteiger partial charge is 0.253 e. The molecule has 0 aliphatic carbocycles. The van der Waals surface area contributed by atoms with E-state index in [0.717, 1.165) is 28.1 Å². The molecule has 6 heteroatoms. The minimum absolute atomic E-state index is 0.316.